The van der Waals surface area contributed by atoms with Gasteiger partial charge in [-0.1, -0.05) is 24.6 Å². The van der Waals surface area contributed by atoms with E-state index in [1.165, 1.54) is 6.33 Å². The number of nitrogens with one attached hydrogen (secondary N) is 1. The molecule has 1 amide bonds. The lowest BCUT2D eigenvalue weighted by atomic mass is 10.1. The van der Waals surface area contributed by atoms with Gasteiger partial charge in [0.1, 0.15) is 12.7 Å². The number of amides is 1. The number of pyridine rings is 1. The minimum atomic E-state index is -3.46. The van der Waals surface area contributed by atoms with Crippen molar-refractivity contribution in [1.82, 2.24) is 29.4 Å². The number of aromatic nitrogens is 4. The second kappa shape index (κ2) is 9.36. The second-order valence-electron chi connectivity index (χ2n) is 7.43. The van der Waals surface area contributed by atoms with Crippen LogP contribution in [0.1, 0.15) is 30.4 Å². The fourth-order valence-corrected chi connectivity index (χ4v) is 4.98. The molecule has 0 radical (unpaired) electrons. The Bertz CT molecular complexity index is 1110. The van der Waals surface area contributed by atoms with E-state index >= 15 is 0 Å². The maximum absolute atomic E-state index is 12.7. The van der Waals surface area contributed by atoms with Crippen molar-refractivity contribution in [3.05, 3.63) is 66.4 Å². The van der Waals surface area contributed by atoms with Crippen LogP contribution < -0.4 is 5.32 Å². The van der Waals surface area contributed by atoms with Gasteiger partial charge in [0, 0.05) is 25.8 Å². The molecule has 1 saturated heterocycles. The Morgan fingerprint density at radius 1 is 1.00 bits per heavy atom. The quantitative estimate of drug-likeness (QED) is 0.599. The van der Waals surface area contributed by atoms with E-state index in [0.717, 1.165) is 30.4 Å². The Morgan fingerprint density at radius 3 is 2.39 bits per heavy atom. The first-order chi connectivity index (χ1) is 15.0. The van der Waals surface area contributed by atoms with Crippen LogP contribution >= 0.6 is 0 Å². The molecule has 1 N–H and O–H groups in total. The number of carbonyl (C=O) groups is 1. The Morgan fingerprint density at radius 2 is 1.74 bits per heavy atom. The number of hydrogen-bond acceptors (Lipinski definition) is 6. The first-order valence-corrected chi connectivity index (χ1v) is 11.6. The van der Waals surface area contributed by atoms with Crippen LogP contribution in [-0.2, 0) is 27.8 Å². The van der Waals surface area contributed by atoms with E-state index in [-0.39, 0.29) is 17.2 Å². The van der Waals surface area contributed by atoms with Crippen LogP contribution in [-0.4, -0.2) is 51.5 Å². The van der Waals surface area contributed by atoms with Crippen molar-refractivity contribution in [1.29, 1.82) is 0 Å². The SMILES string of the molecule is O=C(Cc1ccc(S(=O)(=O)N2CCCCC2)cc1)NCc1ccc(-n2cncn2)nc1. The van der Waals surface area contributed by atoms with E-state index in [1.54, 1.807) is 51.8 Å². The van der Waals surface area contributed by atoms with Gasteiger partial charge in [-0.25, -0.2) is 23.1 Å². The molecule has 1 aromatic carbocycles. The minimum absolute atomic E-state index is 0.146. The summed E-state index contributed by atoms with van der Waals surface area (Å²) in [6.45, 7) is 1.49. The largest absolute Gasteiger partial charge is 0.352 e. The molecule has 10 heteroatoms. The minimum Gasteiger partial charge on any atom is -0.352 e. The number of piperidine rings is 1. The maximum atomic E-state index is 12.7. The Labute approximate surface area is 181 Å². The van der Waals surface area contributed by atoms with Crippen LogP contribution in [0.3, 0.4) is 0 Å². The summed E-state index contributed by atoms with van der Waals surface area (Å²) in [6.07, 6.45) is 7.72. The van der Waals surface area contributed by atoms with Crippen molar-refractivity contribution in [3.8, 4) is 5.82 Å². The lowest BCUT2D eigenvalue weighted by Gasteiger charge is -2.25. The van der Waals surface area contributed by atoms with Gasteiger partial charge in [-0.05, 0) is 42.2 Å². The molecule has 2 aromatic heterocycles. The fraction of sp³-hybridized carbons (Fsp3) is 0.333. The number of benzene rings is 1. The highest BCUT2D eigenvalue weighted by molar-refractivity contribution is 7.89. The summed E-state index contributed by atoms with van der Waals surface area (Å²) >= 11 is 0. The summed E-state index contributed by atoms with van der Waals surface area (Å²) in [7, 11) is -3.46. The molecule has 0 unspecified atom stereocenters. The standard InChI is InChI=1S/C21H24N6O3S/c28-21(24-14-18-6-9-20(23-13-18)27-16-22-15-25-27)12-17-4-7-19(8-5-17)31(29,30)26-10-2-1-3-11-26/h4-9,13,15-16H,1-3,10-12,14H2,(H,24,28). The van der Waals surface area contributed by atoms with Crippen LogP contribution in [0.25, 0.3) is 5.82 Å². The summed E-state index contributed by atoms with van der Waals surface area (Å²) in [5.41, 5.74) is 1.62. The average Bonchev–Trinajstić information content (AvgIpc) is 3.34. The number of sulfonamides is 1. The molecule has 0 aliphatic carbocycles. The molecule has 3 aromatic rings. The van der Waals surface area contributed by atoms with Gasteiger partial charge in [-0.15, -0.1) is 0 Å². The first-order valence-electron chi connectivity index (χ1n) is 10.2. The predicted molar refractivity (Wildman–Crippen MR) is 114 cm³/mol. The normalized spacial score (nSPS) is 15.0. The molecule has 4 rings (SSSR count). The van der Waals surface area contributed by atoms with Gasteiger partial charge in [0.25, 0.3) is 0 Å². The molecular formula is C21H24N6O3S. The van der Waals surface area contributed by atoms with E-state index in [1.807, 2.05) is 6.07 Å². The lowest BCUT2D eigenvalue weighted by molar-refractivity contribution is -0.120. The van der Waals surface area contributed by atoms with Crippen LogP contribution in [0.2, 0.25) is 0 Å². The third kappa shape index (κ3) is 5.15. The van der Waals surface area contributed by atoms with Crippen molar-refractivity contribution in [2.24, 2.45) is 0 Å². The summed E-state index contributed by atoms with van der Waals surface area (Å²) in [4.78, 5) is 20.7. The highest BCUT2D eigenvalue weighted by atomic mass is 32.2. The topological polar surface area (TPSA) is 110 Å². The molecule has 3 heterocycles. The van der Waals surface area contributed by atoms with Crippen molar-refractivity contribution in [3.63, 3.8) is 0 Å². The van der Waals surface area contributed by atoms with Crippen molar-refractivity contribution >= 4 is 15.9 Å². The van der Waals surface area contributed by atoms with Gasteiger partial charge < -0.3 is 5.32 Å². The zero-order valence-corrected chi connectivity index (χ0v) is 17.8. The number of carbonyl (C=O) groups excluding carboxylic acids is 1. The third-order valence-electron chi connectivity index (χ3n) is 5.19. The number of hydrogen-bond donors (Lipinski definition) is 1. The van der Waals surface area contributed by atoms with Crippen LogP contribution in [0, 0.1) is 0 Å². The predicted octanol–water partition coefficient (Wildman–Crippen LogP) is 1.70. The first kappa shape index (κ1) is 21.1. The van der Waals surface area contributed by atoms with Gasteiger partial charge in [0.2, 0.25) is 15.9 Å². The Balaban J connectivity index is 1.30. The summed E-state index contributed by atoms with van der Waals surface area (Å²) in [6, 6.07) is 10.2. The zero-order chi connectivity index (χ0) is 21.7. The molecule has 1 fully saturated rings. The van der Waals surface area contributed by atoms with E-state index in [0.29, 0.717) is 25.5 Å². The smallest absolute Gasteiger partial charge is 0.243 e. The van der Waals surface area contributed by atoms with Crippen LogP contribution in [0.5, 0.6) is 0 Å². The molecule has 31 heavy (non-hydrogen) atoms. The number of nitrogens with zero attached hydrogens (tertiary/aromatic N) is 5. The average molecular weight is 441 g/mol. The third-order valence-corrected chi connectivity index (χ3v) is 7.11. The van der Waals surface area contributed by atoms with Crippen molar-refractivity contribution < 1.29 is 13.2 Å². The molecule has 0 saturated carbocycles. The van der Waals surface area contributed by atoms with E-state index < -0.39 is 10.0 Å². The van der Waals surface area contributed by atoms with Gasteiger partial charge in [-0.2, -0.15) is 9.40 Å². The molecule has 1 aliphatic rings. The molecule has 0 spiro atoms. The Kier molecular flexibility index (Phi) is 6.38. The monoisotopic (exact) mass is 440 g/mol. The lowest BCUT2D eigenvalue weighted by Crippen LogP contribution is -2.35. The molecule has 162 valence electrons. The zero-order valence-electron chi connectivity index (χ0n) is 17.0. The van der Waals surface area contributed by atoms with Gasteiger partial charge in [-0.3, -0.25) is 4.79 Å². The van der Waals surface area contributed by atoms with E-state index in [4.69, 9.17) is 0 Å². The van der Waals surface area contributed by atoms with E-state index in [9.17, 15) is 13.2 Å². The molecule has 1 aliphatic heterocycles. The maximum Gasteiger partial charge on any atom is 0.243 e. The number of rotatable bonds is 7. The van der Waals surface area contributed by atoms with Gasteiger partial charge in [0.05, 0.1) is 11.3 Å². The Hall–Kier alpha value is -3.11. The molecule has 0 bridgehead atoms. The van der Waals surface area contributed by atoms with Crippen LogP contribution in [0.15, 0.2) is 60.1 Å². The molecular weight excluding hydrogens is 416 g/mol. The van der Waals surface area contributed by atoms with Crippen molar-refractivity contribution in [2.45, 2.75) is 37.1 Å². The van der Waals surface area contributed by atoms with E-state index in [2.05, 4.69) is 20.4 Å². The summed E-state index contributed by atoms with van der Waals surface area (Å²) < 4.78 is 28.5. The summed E-state index contributed by atoms with van der Waals surface area (Å²) in [5.74, 6) is 0.499. The second-order valence-corrected chi connectivity index (χ2v) is 9.36. The highest BCUT2D eigenvalue weighted by Crippen LogP contribution is 2.21. The van der Waals surface area contributed by atoms with Gasteiger partial charge >= 0.3 is 0 Å². The van der Waals surface area contributed by atoms with Crippen LogP contribution in [0.4, 0.5) is 0 Å². The molecule has 9 nitrogen and oxygen atoms in total. The molecule has 0 atom stereocenters. The fourth-order valence-electron chi connectivity index (χ4n) is 3.47. The highest BCUT2D eigenvalue weighted by Gasteiger charge is 2.25. The summed E-state index contributed by atoms with van der Waals surface area (Å²) in [5, 5.41) is 6.88. The van der Waals surface area contributed by atoms with Gasteiger partial charge in [0.15, 0.2) is 5.82 Å². The van der Waals surface area contributed by atoms with Crippen molar-refractivity contribution in [2.75, 3.05) is 13.1 Å².